The molecule has 0 aliphatic rings. The van der Waals surface area contributed by atoms with Crippen LogP contribution in [0.15, 0.2) is 6.20 Å². The van der Waals surface area contributed by atoms with Crippen molar-refractivity contribution < 1.29 is 0 Å². The lowest BCUT2D eigenvalue weighted by molar-refractivity contribution is 0.328. The quantitative estimate of drug-likeness (QED) is 0.726. The zero-order valence-electron chi connectivity index (χ0n) is 9.21. The third-order valence-corrected chi connectivity index (χ3v) is 2.91. The van der Waals surface area contributed by atoms with Gasteiger partial charge >= 0.3 is 0 Å². The lowest BCUT2D eigenvalue weighted by Gasteiger charge is -2.14. The fourth-order valence-electron chi connectivity index (χ4n) is 1.27. The summed E-state index contributed by atoms with van der Waals surface area (Å²) >= 11 is 1.78. The minimum atomic E-state index is 1.01. The van der Waals surface area contributed by atoms with Crippen LogP contribution in [0.1, 0.15) is 16.8 Å². The van der Waals surface area contributed by atoms with E-state index in [-0.39, 0.29) is 0 Å². The van der Waals surface area contributed by atoms with Gasteiger partial charge in [0.2, 0.25) is 0 Å². The molecule has 0 saturated heterocycles. The smallest absolute Gasteiger partial charge is 0.0897 e. The van der Waals surface area contributed by atoms with Crippen molar-refractivity contribution in [2.75, 3.05) is 26.7 Å². The van der Waals surface area contributed by atoms with E-state index < -0.39 is 0 Å². The highest BCUT2D eigenvalue weighted by molar-refractivity contribution is 7.11. The molecule has 0 spiro atoms. The zero-order valence-corrected chi connectivity index (χ0v) is 10.0. The number of hydrogen-bond donors (Lipinski definition) is 1. The Labute approximate surface area is 90.2 Å². The number of nitrogens with zero attached hydrogens (tertiary/aromatic N) is 2. The molecular formula is C10H19N3S. The number of aromatic nitrogens is 1. The van der Waals surface area contributed by atoms with Crippen molar-refractivity contribution in [1.29, 1.82) is 0 Å². The Balaban J connectivity index is 2.23. The highest BCUT2D eigenvalue weighted by Crippen LogP contribution is 2.12. The van der Waals surface area contributed by atoms with Crippen LogP contribution in [0.2, 0.25) is 0 Å². The highest BCUT2D eigenvalue weighted by atomic mass is 32.1. The van der Waals surface area contributed by atoms with Gasteiger partial charge in [-0.3, -0.25) is 4.90 Å². The molecule has 14 heavy (non-hydrogen) atoms. The van der Waals surface area contributed by atoms with Gasteiger partial charge in [-0.2, -0.15) is 0 Å². The third kappa shape index (κ3) is 4.17. The van der Waals surface area contributed by atoms with E-state index in [0.717, 1.165) is 31.2 Å². The predicted molar refractivity (Wildman–Crippen MR) is 61.7 cm³/mol. The predicted octanol–water partition coefficient (Wildman–Crippen LogP) is 1.49. The molecule has 0 unspecified atom stereocenters. The third-order valence-electron chi connectivity index (χ3n) is 2.02. The number of aryl methyl sites for hydroxylation is 1. The topological polar surface area (TPSA) is 28.2 Å². The van der Waals surface area contributed by atoms with Crippen LogP contribution in [-0.4, -0.2) is 36.6 Å². The van der Waals surface area contributed by atoms with Crippen LogP contribution >= 0.6 is 11.3 Å². The lowest BCUT2D eigenvalue weighted by Crippen LogP contribution is -2.28. The molecule has 3 nitrogen and oxygen atoms in total. The Morgan fingerprint density at radius 1 is 1.57 bits per heavy atom. The minimum Gasteiger partial charge on any atom is -0.316 e. The maximum atomic E-state index is 4.24. The first kappa shape index (κ1) is 11.6. The van der Waals surface area contributed by atoms with E-state index in [1.54, 1.807) is 11.3 Å². The Morgan fingerprint density at radius 2 is 2.36 bits per heavy atom. The van der Waals surface area contributed by atoms with Crippen LogP contribution in [0.5, 0.6) is 0 Å². The number of hydrogen-bond acceptors (Lipinski definition) is 4. The van der Waals surface area contributed by atoms with E-state index in [4.69, 9.17) is 0 Å². The van der Waals surface area contributed by atoms with Crippen LogP contribution < -0.4 is 5.32 Å². The minimum absolute atomic E-state index is 1.01. The fourth-order valence-corrected chi connectivity index (χ4v) is 2.15. The van der Waals surface area contributed by atoms with E-state index in [1.807, 2.05) is 13.1 Å². The van der Waals surface area contributed by atoms with E-state index in [2.05, 4.69) is 29.2 Å². The van der Waals surface area contributed by atoms with Crippen LogP contribution in [0.25, 0.3) is 0 Å². The number of nitrogens with one attached hydrogen (secondary N) is 1. The van der Waals surface area contributed by atoms with E-state index >= 15 is 0 Å². The summed E-state index contributed by atoms with van der Waals surface area (Å²) in [4.78, 5) is 7.91. The Kier molecular flexibility index (Phi) is 5.07. The van der Waals surface area contributed by atoms with Crippen molar-refractivity contribution in [1.82, 2.24) is 15.2 Å². The van der Waals surface area contributed by atoms with Crippen molar-refractivity contribution in [3.63, 3.8) is 0 Å². The molecule has 0 aromatic carbocycles. The fraction of sp³-hybridized carbons (Fsp3) is 0.700. The summed E-state index contributed by atoms with van der Waals surface area (Å²) in [5.41, 5.74) is 0. The second-order valence-corrected chi connectivity index (χ2v) is 4.76. The van der Waals surface area contributed by atoms with Gasteiger partial charge in [-0.1, -0.05) is 6.92 Å². The molecule has 0 aliphatic carbocycles. The standard InChI is InChI=1S/C10H19N3S/c1-4-11-5-6-13(3)8-10-7-12-9(2)14-10/h7,11H,4-6,8H2,1-3H3. The van der Waals surface area contributed by atoms with E-state index in [0.29, 0.717) is 0 Å². The highest BCUT2D eigenvalue weighted by Gasteiger charge is 2.02. The molecule has 0 atom stereocenters. The van der Waals surface area contributed by atoms with Crippen LogP contribution in [0, 0.1) is 6.92 Å². The molecule has 1 rings (SSSR count). The van der Waals surface area contributed by atoms with Gasteiger partial charge in [-0.25, -0.2) is 4.98 Å². The van der Waals surface area contributed by atoms with Gasteiger partial charge in [-0.15, -0.1) is 11.3 Å². The Bertz CT molecular complexity index is 260. The van der Waals surface area contributed by atoms with Gasteiger partial charge in [0, 0.05) is 30.7 Å². The molecule has 1 N–H and O–H groups in total. The van der Waals surface area contributed by atoms with Crippen molar-refractivity contribution in [2.45, 2.75) is 20.4 Å². The first-order chi connectivity index (χ1) is 6.72. The molecular weight excluding hydrogens is 194 g/mol. The molecule has 1 heterocycles. The molecule has 0 amide bonds. The summed E-state index contributed by atoms with van der Waals surface area (Å²) in [6.45, 7) is 8.39. The molecule has 1 aromatic heterocycles. The number of thiazole rings is 1. The zero-order chi connectivity index (χ0) is 10.4. The summed E-state index contributed by atoms with van der Waals surface area (Å²) in [5.74, 6) is 0. The first-order valence-electron chi connectivity index (χ1n) is 5.03. The van der Waals surface area contributed by atoms with E-state index in [9.17, 15) is 0 Å². The number of likely N-dealkylation sites (N-methyl/N-ethyl adjacent to an activating group) is 2. The van der Waals surface area contributed by atoms with Gasteiger partial charge < -0.3 is 5.32 Å². The normalized spacial score (nSPS) is 11.1. The molecule has 0 bridgehead atoms. The molecule has 1 aromatic rings. The van der Waals surface area contributed by atoms with E-state index in [1.165, 1.54) is 4.88 Å². The van der Waals surface area contributed by atoms with Gasteiger partial charge in [0.25, 0.3) is 0 Å². The monoisotopic (exact) mass is 213 g/mol. The maximum absolute atomic E-state index is 4.24. The van der Waals surface area contributed by atoms with Gasteiger partial charge in [-0.05, 0) is 20.5 Å². The average molecular weight is 213 g/mol. The molecule has 80 valence electrons. The lowest BCUT2D eigenvalue weighted by atomic mass is 10.4. The van der Waals surface area contributed by atoms with Gasteiger partial charge in [0.1, 0.15) is 0 Å². The van der Waals surface area contributed by atoms with Gasteiger partial charge in [0.05, 0.1) is 5.01 Å². The molecule has 0 radical (unpaired) electrons. The second kappa shape index (κ2) is 6.11. The summed E-state index contributed by atoms with van der Waals surface area (Å²) < 4.78 is 0. The molecule has 0 fully saturated rings. The summed E-state index contributed by atoms with van der Waals surface area (Å²) in [6.07, 6.45) is 1.98. The van der Waals surface area contributed by atoms with Crippen molar-refractivity contribution >= 4 is 11.3 Å². The van der Waals surface area contributed by atoms with Crippen molar-refractivity contribution in [3.05, 3.63) is 16.1 Å². The molecule has 0 aliphatic heterocycles. The largest absolute Gasteiger partial charge is 0.316 e. The maximum Gasteiger partial charge on any atom is 0.0897 e. The number of rotatable bonds is 6. The average Bonchev–Trinajstić information content (AvgIpc) is 2.52. The Morgan fingerprint density at radius 3 is 2.93 bits per heavy atom. The first-order valence-corrected chi connectivity index (χ1v) is 5.84. The summed E-state index contributed by atoms with van der Waals surface area (Å²) in [7, 11) is 2.15. The SMILES string of the molecule is CCNCCN(C)Cc1cnc(C)s1. The van der Waals surface area contributed by atoms with Crippen LogP contribution in [0.3, 0.4) is 0 Å². The summed E-state index contributed by atoms with van der Waals surface area (Å²) in [6, 6.07) is 0. The van der Waals surface area contributed by atoms with Crippen molar-refractivity contribution in [2.24, 2.45) is 0 Å². The Hall–Kier alpha value is -0.450. The second-order valence-electron chi connectivity index (χ2n) is 3.44. The molecule has 4 heteroatoms. The molecule has 0 saturated carbocycles. The summed E-state index contributed by atoms with van der Waals surface area (Å²) in [5, 5.41) is 4.47. The van der Waals surface area contributed by atoms with Gasteiger partial charge in [0.15, 0.2) is 0 Å². The van der Waals surface area contributed by atoms with Crippen LogP contribution in [-0.2, 0) is 6.54 Å². The van der Waals surface area contributed by atoms with Crippen LogP contribution in [0.4, 0.5) is 0 Å². The van der Waals surface area contributed by atoms with Crippen molar-refractivity contribution in [3.8, 4) is 0 Å².